The summed E-state index contributed by atoms with van der Waals surface area (Å²) in [5, 5.41) is 1.30. The topological polar surface area (TPSA) is 45.5 Å². The van der Waals surface area contributed by atoms with Gasteiger partial charge in [0.1, 0.15) is 6.54 Å². The van der Waals surface area contributed by atoms with Gasteiger partial charge in [0.25, 0.3) is 0 Å². The molecule has 31 heavy (non-hydrogen) atoms. The third kappa shape index (κ3) is 3.56. The lowest BCUT2D eigenvalue weighted by Gasteiger charge is -2.36. The van der Waals surface area contributed by atoms with Gasteiger partial charge in [0.05, 0.1) is 11.0 Å². The van der Waals surface area contributed by atoms with E-state index in [1.165, 1.54) is 11.3 Å². The number of benzene rings is 3. The van der Waals surface area contributed by atoms with E-state index in [2.05, 4.69) is 36.1 Å². The van der Waals surface area contributed by atoms with Crippen LogP contribution in [0.2, 0.25) is 0 Å². The third-order valence-corrected chi connectivity index (χ3v) is 6.17. The number of amides is 1. The Morgan fingerprint density at radius 2 is 1.42 bits per heavy atom. The highest BCUT2D eigenvalue weighted by atomic mass is 16.2. The number of rotatable bonds is 3. The smallest absolute Gasteiger partial charge is 0.242 e. The number of aryl methyl sites for hydroxylation is 1. The van der Waals surface area contributed by atoms with Gasteiger partial charge in [-0.1, -0.05) is 36.4 Å². The van der Waals surface area contributed by atoms with E-state index < -0.39 is 0 Å². The van der Waals surface area contributed by atoms with Crippen molar-refractivity contribution in [1.29, 1.82) is 0 Å². The molecule has 4 aromatic rings. The molecule has 5 nitrogen and oxygen atoms in total. The number of fused-ring (bicyclic) bond motifs is 2. The maximum Gasteiger partial charge on any atom is 0.242 e. The minimum atomic E-state index is 0.0154. The summed E-state index contributed by atoms with van der Waals surface area (Å²) in [6.45, 7) is 5.36. The number of pyridine rings is 1. The summed E-state index contributed by atoms with van der Waals surface area (Å²) in [7, 11) is 0. The zero-order chi connectivity index (χ0) is 21.4. The highest BCUT2D eigenvalue weighted by Crippen LogP contribution is 2.21. The second-order valence-electron chi connectivity index (χ2n) is 8.16. The van der Waals surface area contributed by atoms with Crippen molar-refractivity contribution in [3.8, 4) is 0 Å². The maximum atomic E-state index is 13.2. The summed E-state index contributed by atoms with van der Waals surface area (Å²) in [5.74, 6) is 0.0860. The fourth-order valence-corrected chi connectivity index (χ4v) is 4.52. The molecule has 3 aromatic carbocycles. The highest BCUT2D eigenvalue weighted by Gasteiger charge is 2.22. The summed E-state index contributed by atoms with van der Waals surface area (Å²) < 4.78 is 1.99. The van der Waals surface area contributed by atoms with Crippen molar-refractivity contribution in [2.24, 2.45) is 0 Å². The fraction of sp³-hybridized carbons (Fsp3) is 0.231. The van der Waals surface area contributed by atoms with Crippen LogP contribution in [0.15, 0.2) is 77.6 Å². The Balaban J connectivity index is 1.41. The number of hydrogen-bond donors (Lipinski definition) is 0. The van der Waals surface area contributed by atoms with Crippen molar-refractivity contribution in [3.05, 3.63) is 88.6 Å². The number of hydrogen-bond acceptors (Lipinski definition) is 3. The van der Waals surface area contributed by atoms with Crippen LogP contribution >= 0.6 is 0 Å². The van der Waals surface area contributed by atoms with Crippen LogP contribution < -0.4 is 10.3 Å². The van der Waals surface area contributed by atoms with Crippen molar-refractivity contribution < 1.29 is 4.79 Å². The number of nitrogens with zero attached hydrogens (tertiary/aromatic N) is 3. The molecule has 0 N–H and O–H groups in total. The first-order valence-electron chi connectivity index (χ1n) is 10.7. The largest absolute Gasteiger partial charge is 0.368 e. The molecule has 2 heterocycles. The van der Waals surface area contributed by atoms with Crippen LogP contribution in [-0.2, 0) is 11.3 Å². The monoisotopic (exact) mass is 411 g/mol. The second kappa shape index (κ2) is 7.91. The van der Waals surface area contributed by atoms with E-state index in [0.29, 0.717) is 23.9 Å². The predicted octanol–water partition coefficient (Wildman–Crippen LogP) is 3.81. The van der Waals surface area contributed by atoms with Gasteiger partial charge in [0, 0.05) is 42.6 Å². The fourth-order valence-electron chi connectivity index (χ4n) is 4.52. The summed E-state index contributed by atoms with van der Waals surface area (Å²) in [5.41, 5.74) is 4.08. The standard InChI is InChI=1S/C26H25N3O2/c1-19-7-6-8-20(17-19)27-13-15-28(16-14-27)25(30)18-29-23-11-4-2-9-21(23)26(31)22-10-3-5-12-24(22)29/h2-12,17H,13-16,18H2,1H3. The van der Waals surface area contributed by atoms with Gasteiger partial charge in [-0.15, -0.1) is 0 Å². The van der Waals surface area contributed by atoms with Crippen LogP contribution in [0.1, 0.15) is 5.56 Å². The molecule has 156 valence electrons. The maximum absolute atomic E-state index is 13.2. The van der Waals surface area contributed by atoms with Gasteiger partial charge in [-0.2, -0.15) is 0 Å². The first-order valence-corrected chi connectivity index (χ1v) is 10.7. The van der Waals surface area contributed by atoms with Gasteiger partial charge in [-0.3, -0.25) is 9.59 Å². The van der Waals surface area contributed by atoms with Gasteiger partial charge >= 0.3 is 0 Å². The molecule has 5 rings (SSSR count). The normalized spacial score (nSPS) is 14.4. The van der Waals surface area contributed by atoms with E-state index in [4.69, 9.17) is 0 Å². The van der Waals surface area contributed by atoms with E-state index in [1.54, 1.807) is 0 Å². The molecule has 0 saturated carbocycles. The SMILES string of the molecule is Cc1cccc(N2CCN(C(=O)Cn3c4ccccc4c(=O)c4ccccc43)CC2)c1. The van der Waals surface area contributed by atoms with Crippen molar-refractivity contribution in [3.63, 3.8) is 0 Å². The van der Waals surface area contributed by atoms with Crippen LogP contribution in [0.4, 0.5) is 5.69 Å². The minimum absolute atomic E-state index is 0.0154. The van der Waals surface area contributed by atoms with E-state index in [1.807, 2.05) is 58.0 Å². The zero-order valence-electron chi connectivity index (χ0n) is 17.6. The minimum Gasteiger partial charge on any atom is -0.368 e. The molecular weight excluding hydrogens is 386 g/mol. The lowest BCUT2D eigenvalue weighted by molar-refractivity contribution is -0.132. The molecule has 0 bridgehead atoms. The Hall–Kier alpha value is -3.60. The second-order valence-corrected chi connectivity index (χ2v) is 8.16. The molecule has 1 saturated heterocycles. The Morgan fingerprint density at radius 1 is 0.806 bits per heavy atom. The first kappa shape index (κ1) is 19.4. The van der Waals surface area contributed by atoms with Gasteiger partial charge in [-0.05, 0) is 48.9 Å². The summed E-state index contributed by atoms with van der Waals surface area (Å²) in [6.07, 6.45) is 0. The molecule has 0 unspecified atom stereocenters. The molecule has 0 aliphatic carbocycles. The molecular formula is C26H25N3O2. The Labute approximate surface area is 181 Å². The van der Waals surface area contributed by atoms with Crippen LogP contribution in [0.25, 0.3) is 21.8 Å². The lowest BCUT2D eigenvalue weighted by Crippen LogP contribution is -2.49. The number of anilines is 1. The average molecular weight is 412 g/mol. The van der Waals surface area contributed by atoms with Crippen molar-refractivity contribution in [2.75, 3.05) is 31.1 Å². The van der Waals surface area contributed by atoms with Gasteiger partial charge in [0.2, 0.25) is 5.91 Å². The Bertz CT molecular complexity index is 1270. The molecule has 0 atom stereocenters. The van der Waals surface area contributed by atoms with Crippen molar-refractivity contribution >= 4 is 33.4 Å². The zero-order valence-corrected chi connectivity index (χ0v) is 17.6. The Kier molecular flexibility index (Phi) is 4.94. The van der Waals surface area contributed by atoms with Crippen LogP contribution in [0, 0.1) is 6.92 Å². The van der Waals surface area contributed by atoms with E-state index in [9.17, 15) is 9.59 Å². The number of carbonyl (C=O) groups is 1. The third-order valence-electron chi connectivity index (χ3n) is 6.17. The lowest BCUT2D eigenvalue weighted by atomic mass is 10.1. The molecule has 0 radical (unpaired) electrons. The van der Waals surface area contributed by atoms with Crippen LogP contribution in [-0.4, -0.2) is 41.6 Å². The number of piperazine rings is 1. The predicted molar refractivity (Wildman–Crippen MR) is 126 cm³/mol. The average Bonchev–Trinajstić information content (AvgIpc) is 2.82. The van der Waals surface area contributed by atoms with Crippen molar-refractivity contribution in [1.82, 2.24) is 9.47 Å². The van der Waals surface area contributed by atoms with Gasteiger partial charge < -0.3 is 14.4 Å². The van der Waals surface area contributed by atoms with Crippen molar-refractivity contribution in [2.45, 2.75) is 13.5 Å². The van der Waals surface area contributed by atoms with E-state index in [0.717, 1.165) is 24.1 Å². The van der Waals surface area contributed by atoms with E-state index in [-0.39, 0.29) is 17.9 Å². The molecule has 1 fully saturated rings. The Morgan fingerprint density at radius 3 is 2.03 bits per heavy atom. The van der Waals surface area contributed by atoms with Gasteiger partial charge in [0.15, 0.2) is 5.43 Å². The van der Waals surface area contributed by atoms with Gasteiger partial charge in [-0.25, -0.2) is 0 Å². The summed E-state index contributed by atoms with van der Waals surface area (Å²) in [6, 6.07) is 23.6. The number of aromatic nitrogens is 1. The van der Waals surface area contributed by atoms with E-state index >= 15 is 0 Å². The summed E-state index contributed by atoms with van der Waals surface area (Å²) >= 11 is 0. The van der Waals surface area contributed by atoms with Crippen LogP contribution in [0.3, 0.4) is 0 Å². The molecule has 1 aliphatic rings. The molecule has 5 heteroatoms. The molecule has 1 amide bonds. The molecule has 1 aromatic heterocycles. The molecule has 0 spiro atoms. The summed E-state index contributed by atoms with van der Waals surface area (Å²) in [4.78, 5) is 30.4. The number of carbonyl (C=O) groups excluding carboxylic acids is 1. The molecule has 1 aliphatic heterocycles. The highest BCUT2D eigenvalue weighted by molar-refractivity contribution is 5.94. The van der Waals surface area contributed by atoms with Crippen LogP contribution in [0.5, 0.6) is 0 Å². The first-order chi connectivity index (χ1) is 15.1. The number of para-hydroxylation sites is 2. The quantitative estimate of drug-likeness (QED) is 0.482.